The molecular formula is C20H21NO3. The maximum absolute atomic E-state index is 12.3. The minimum Gasteiger partial charge on any atom is -0.483 e. The van der Waals surface area contributed by atoms with Gasteiger partial charge in [-0.2, -0.15) is 0 Å². The summed E-state index contributed by atoms with van der Waals surface area (Å²) in [6.45, 7) is 1.47. The molecule has 0 N–H and O–H groups in total. The van der Waals surface area contributed by atoms with Gasteiger partial charge >= 0.3 is 0 Å². The second kappa shape index (κ2) is 7.77. The van der Waals surface area contributed by atoms with Crippen molar-refractivity contribution in [3.8, 4) is 5.75 Å². The molecule has 1 saturated heterocycles. The lowest BCUT2D eigenvalue weighted by Crippen LogP contribution is -2.40. The monoisotopic (exact) mass is 323 g/mol. The van der Waals surface area contributed by atoms with Crippen molar-refractivity contribution in [2.24, 2.45) is 0 Å². The van der Waals surface area contributed by atoms with E-state index in [-0.39, 0.29) is 12.5 Å². The maximum Gasteiger partial charge on any atom is 0.260 e. The SMILES string of the molecule is O=Cc1ccccc1OCC(=O)N1CCC(c2ccccc2)CC1. The number of benzene rings is 2. The molecule has 0 bridgehead atoms. The number of para-hydroxylation sites is 1. The summed E-state index contributed by atoms with van der Waals surface area (Å²) in [5, 5.41) is 0. The van der Waals surface area contributed by atoms with Crippen LogP contribution in [0.4, 0.5) is 0 Å². The van der Waals surface area contributed by atoms with Crippen molar-refractivity contribution >= 4 is 12.2 Å². The fraction of sp³-hybridized carbons (Fsp3) is 0.300. The zero-order valence-corrected chi connectivity index (χ0v) is 13.6. The molecule has 1 heterocycles. The van der Waals surface area contributed by atoms with Crippen molar-refractivity contribution in [3.05, 3.63) is 65.7 Å². The largest absolute Gasteiger partial charge is 0.483 e. The lowest BCUT2D eigenvalue weighted by Gasteiger charge is -2.32. The van der Waals surface area contributed by atoms with E-state index >= 15 is 0 Å². The van der Waals surface area contributed by atoms with Crippen LogP contribution < -0.4 is 4.74 Å². The number of rotatable bonds is 5. The molecule has 0 atom stereocenters. The predicted molar refractivity (Wildman–Crippen MR) is 92.3 cm³/mol. The Morgan fingerprint density at radius 3 is 2.42 bits per heavy atom. The van der Waals surface area contributed by atoms with Crippen molar-refractivity contribution in [1.82, 2.24) is 4.90 Å². The molecule has 0 aliphatic carbocycles. The molecule has 0 saturated carbocycles. The summed E-state index contributed by atoms with van der Waals surface area (Å²) in [6, 6.07) is 17.4. The molecule has 4 nitrogen and oxygen atoms in total. The summed E-state index contributed by atoms with van der Waals surface area (Å²) in [4.78, 5) is 25.1. The summed E-state index contributed by atoms with van der Waals surface area (Å²) in [7, 11) is 0. The standard InChI is InChI=1S/C20H21NO3/c22-14-18-8-4-5-9-19(18)24-15-20(23)21-12-10-17(11-13-21)16-6-2-1-3-7-16/h1-9,14,17H,10-13,15H2. The minimum absolute atomic E-state index is 0.0257. The van der Waals surface area contributed by atoms with E-state index in [0.717, 1.165) is 32.2 Å². The third-order valence-corrected chi connectivity index (χ3v) is 4.52. The Balaban J connectivity index is 1.51. The van der Waals surface area contributed by atoms with Crippen molar-refractivity contribution in [2.75, 3.05) is 19.7 Å². The van der Waals surface area contributed by atoms with Crippen molar-refractivity contribution in [1.29, 1.82) is 0 Å². The van der Waals surface area contributed by atoms with Crippen molar-refractivity contribution in [2.45, 2.75) is 18.8 Å². The maximum atomic E-state index is 12.3. The van der Waals surface area contributed by atoms with Gasteiger partial charge in [0.15, 0.2) is 12.9 Å². The first-order valence-electron chi connectivity index (χ1n) is 8.27. The molecule has 4 heteroatoms. The van der Waals surface area contributed by atoms with Crippen LogP contribution in [0.1, 0.15) is 34.7 Å². The average molecular weight is 323 g/mol. The Morgan fingerprint density at radius 1 is 1.04 bits per heavy atom. The molecule has 0 unspecified atom stereocenters. The number of amides is 1. The number of piperidine rings is 1. The Bertz CT molecular complexity index is 691. The second-order valence-electron chi connectivity index (χ2n) is 6.01. The summed E-state index contributed by atoms with van der Waals surface area (Å²) in [5.74, 6) is 0.953. The number of ether oxygens (including phenoxy) is 1. The molecular weight excluding hydrogens is 302 g/mol. The predicted octanol–water partition coefficient (Wildman–Crippen LogP) is 3.28. The van der Waals surface area contributed by atoms with Gasteiger partial charge in [0, 0.05) is 13.1 Å². The number of hydrogen-bond donors (Lipinski definition) is 0. The fourth-order valence-corrected chi connectivity index (χ4v) is 3.13. The summed E-state index contributed by atoms with van der Waals surface area (Å²) in [5.41, 5.74) is 1.81. The highest BCUT2D eigenvalue weighted by atomic mass is 16.5. The molecule has 1 aliphatic heterocycles. The van der Waals surface area contributed by atoms with Crippen LogP contribution in [0.3, 0.4) is 0 Å². The van der Waals surface area contributed by atoms with Crippen molar-refractivity contribution < 1.29 is 14.3 Å². The Hall–Kier alpha value is -2.62. The molecule has 2 aromatic rings. The van der Waals surface area contributed by atoms with Gasteiger partial charge < -0.3 is 9.64 Å². The number of likely N-dealkylation sites (tertiary alicyclic amines) is 1. The van der Waals surface area contributed by atoms with E-state index in [9.17, 15) is 9.59 Å². The van der Waals surface area contributed by atoms with Crippen LogP contribution in [-0.4, -0.2) is 36.8 Å². The molecule has 0 spiro atoms. The van der Waals surface area contributed by atoms with Crippen LogP contribution in [0.15, 0.2) is 54.6 Å². The van der Waals surface area contributed by atoms with E-state index < -0.39 is 0 Å². The highest BCUT2D eigenvalue weighted by Crippen LogP contribution is 2.27. The molecule has 1 amide bonds. The summed E-state index contributed by atoms with van der Waals surface area (Å²) >= 11 is 0. The average Bonchev–Trinajstić information content (AvgIpc) is 2.67. The number of carbonyl (C=O) groups is 2. The first-order chi connectivity index (χ1) is 11.8. The molecule has 124 valence electrons. The van der Waals surface area contributed by atoms with Gasteiger partial charge in [0.1, 0.15) is 5.75 Å². The number of hydrogen-bond acceptors (Lipinski definition) is 3. The normalized spacial score (nSPS) is 15.1. The van der Waals surface area contributed by atoms with Gasteiger partial charge in [-0.1, -0.05) is 42.5 Å². The van der Waals surface area contributed by atoms with Crippen LogP contribution in [0.5, 0.6) is 5.75 Å². The van der Waals surface area contributed by atoms with Crippen LogP contribution >= 0.6 is 0 Å². The van der Waals surface area contributed by atoms with Gasteiger partial charge in [-0.25, -0.2) is 0 Å². The van der Waals surface area contributed by atoms with E-state index in [4.69, 9.17) is 4.74 Å². The first-order valence-corrected chi connectivity index (χ1v) is 8.27. The van der Waals surface area contributed by atoms with Crippen LogP contribution in [0, 0.1) is 0 Å². The van der Waals surface area contributed by atoms with Gasteiger partial charge in [-0.3, -0.25) is 9.59 Å². The Morgan fingerprint density at radius 2 is 1.71 bits per heavy atom. The highest BCUT2D eigenvalue weighted by molar-refractivity contribution is 5.80. The van der Waals surface area contributed by atoms with Gasteiger partial charge in [-0.15, -0.1) is 0 Å². The topological polar surface area (TPSA) is 46.6 Å². The van der Waals surface area contributed by atoms with E-state index in [2.05, 4.69) is 24.3 Å². The van der Waals surface area contributed by atoms with Gasteiger partial charge in [0.25, 0.3) is 5.91 Å². The molecule has 24 heavy (non-hydrogen) atoms. The van der Waals surface area contributed by atoms with Gasteiger partial charge in [0.05, 0.1) is 5.56 Å². The zero-order chi connectivity index (χ0) is 16.8. The molecule has 3 rings (SSSR count). The smallest absolute Gasteiger partial charge is 0.260 e. The Labute approximate surface area is 142 Å². The fourth-order valence-electron chi connectivity index (χ4n) is 3.13. The van der Waals surface area contributed by atoms with E-state index in [1.165, 1.54) is 5.56 Å². The molecule has 2 aromatic carbocycles. The Kier molecular flexibility index (Phi) is 5.26. The van der Waals surface area contributed by atoms with Gasteiger partial charge in [0.2, 0.25) is 0 Å². The van der Waals surface area contributed by atoms with E-state index in [1.807, 2.05) is 11.0 Å². The number of nitrogens with zero attached hydrogens (tertiary/aromatic N) is 1. The number of aldehydes is 1. The lowest BCUT2D eigenvalue weighted by molar-refractivity contribution is -0.134. The van der Waals surface area contributed by atoms with Crippen LogP contribution in [-0.2, 0) is 4.79 Å². The lowest BCUT2D eigenvalue weighted by atomic mass is 9.89. The summed E-state index contributed by atoms with van der Waals surface area (Å²) in [6.07, 6.45) is 2.69. The molecule has 0 aromatic heterocycles. The van der Waals surface area contributed by atoms with Crippen LogP contribution in [0.2, 0.25) is 0 Å². The van der Waals surface area contributed by atoms with Crippen molar-refractivity contribution in [3.63, 3.8) is 0 Å². The highest BCUT2D eigenvalue weighted by Gasteiger charge is 2.24. The van der Waals surface area contributed by atoms with E-state index in [1.54, 1.807) is 24.3 Å². The van der Waals surface area contributed by atoms with E-state index in [0.29, 0.717) is 17.2 Å². The third-order valence-electron chi connectivity index (χ3n) is 4.52. The van der Waals surface area contributed by atoms with Crippen LogP contribution in [0.25, 0.3) is 0 Å². The quantitative estimate of drug-likeness (QED) is 0.793. The van der Waals surface area contributed by atoms with Gasteiger partial charge in [-0.05, 0) is 36.5 Å². The summed E-state index contributed by atoms with van der Waals surface area (Å²) < 4.78 is 5.53. The minimum atomic E-state index is -0.0269. The molecule has 1 fully saturated rings. The second-order valence-corrected chi connectivity index (χ2v) is 6.01. The zero-order valence-electron chi connectivity index (χ0n) is 13.6. The number of carbonyl (C=O) groups excluding carboxylic acids is 2. The third kappa shape index (κ3) is 3.82. The first kappa shape index (κ1) is 16.2. The molecule has 0 radical (unpaired) electrons. The molecule has 1 aliphatic rings.